The van der Waals surface area contributed by atoms with Gasteiger partial charge in [-0.25, -0.2) is 4.79 Å². The zero-order valence-corrected chi connectivity index (χ0v) is 6.67. The molecule has 0 saturated carbocycles. The summed E-state index contributed by atoms with van der Waals surface area (Å²) < 4.78 is 0. The van der Waals surface area contributed by atoms with Gasteiger partial charge < -0.3 is 20.4 Å². The zero-order chi connectivity index (χ0) is 10.4. The van der Waals surface area contributed by atoms with E-state index < -0.39 is 37.2 Å². The largest absolute Gasteiger partial charge is 0.480 e. The number of hydrogen-bond acceptors (Lipinski definition) is 5. The van der Waals surface area contributed by atoms with E-state index in [2.05, 4.69) is 5.32 Å². The van der Waals surface area contributed by atoms with Crippen molar-refractivity contribution in [2.45, 2.75) is 12.1 Å². The molecule has 13 heavy (non-hydrogen) atoms. The Balaban J connectivity index is 3.85. The van der Waals surface area contributed by atoms with Gasteiger partial charge in [-0.15, -0.1) is 0 Å². The lowest BCUT2D eigenvalue weighted by atomic mass is 10.3. The number of aliphatic carboxylic acids is 2. The van der Waals surface area contributed by atoms with Crippen LogP contribution in [0.4, 0.5) is 0 Å². The predicted molar refractivity (Wildman–Crippen MR) is 40.2 cm³/mol. The average Bonchev–Trinajstić information content (AvgIpc) is 2.04. The molecule has 0 saturated heterocycles. The van der Waals surface area contributed by atoms with Gasteiger partial charge in [-0.05, 0) is 0 Å². The van der Waals surface area contributed by atoms with Gasteiger partial charge in [-0.3, -0.25) is 10.1 Å². The Kier molecular flexibility index (Phi) is 4.97. The summed E-state index contributed by atoms with van der Waals surface area (Å²) in [5.74, 6) is -2.75. The van der Waals surface area contributed by atoms with Crippen LogP contribution in [-0.2, 0) is 9.59 Å². The third kappa shape index (κ3) is 4.41. The molecule has 0 aromatic heterocycles. The van der Waals surface area contributed by atoms with Crippen molar-refractivity contribution in [3.63, 3.8) is 0 Å². The molecular weight excluding hydrogens is 182 g/mol. The van der Waals surface area contributed by atoms with Crippen molar-refractivity contribution in [3.8, 4) is 0 Å². The van der Waals surface area contributed by atoms with Crippen molar-refractivity contribution >= 4 is 11.9 Å². The maximum Gasteiger partial charge on any atom is 0.333 e. The van der Waals surface area contributed by atoms with Crippen molar-refractivity contribution in [2.75, 3.05) is 13.2 Å². The lowest BCUT2D eigenvalue weighted by molar-refractivity contribution is -0.147. The number of aliphatic hydroxyl groups excluding tert-OH is 2. The van der Waals surface area contributed by atoms with Crippen LogP contribution in [0.3, 0.4) is 0 Å². The second-order valence-electron chi connectivity index (χ2n) is 2.34. The van der Waals surface area contributed by atoms with E-state index in [4.69, 9.17) is 20.4 Å². The first-order valence-electron chi connectivity index (χ1n) is 3.47. The molecule has 7 heteroatoms. The molecule has 0 radical (unpaired) electrons. The van der Waals surface area contributed by atoms with Crippen molar-refractivity contribution < 1.29 is 30.0 Å². The minimum Gasteiger partial charge on any atom is -0.480 e. The molecule has 5 N–H and O–H groups in total. The summed E-state index contributed by atoms with van der Waals surface area (Å²) in [5.41, 5.74) is 0. The Morgan fingerprint density at radius 2 is 1.77 bits per heavy atom. The fraction of sp³-hybridized carbons (Fsp3) is 0.667. The van der Waals surface area contributed by atoms with E-state index in [1.165, 1.54) is 0 Å². The second kappa shape index (κ2) is 5.46. The standard InChI is InChI=1S/C6H11NO6/c8-2-3(5(10)11)7-1-4(9)6(12)13/h3-4,7-9H,1-2H2,(H,10,11)(H,12,13)/t3-,4?/m0/s1. The summed E-state index contributed by atoms with van der Waals surface area (Å²) in [6.07, 6.45) is -1.67. The molecule has 76 valence electrons. The quantitative estimate of drug-likeness (QED) is 0.314. The van der Waals surface area contributed by atoms with E-state index in [9.17, 15) is 9.59 Å². The van der Waals surface area contributed by atoms with Crippen molar-refractivity contribution in [2.24, 2.45) is 0 Å². The van der Waals surface area contributed by atoms with Crippen LogP contribution in [0.1, 0.15) is 0 Å². The van der Waals surface area contributed by atoms with Gasteiger partial charge in [0, 0.05) is 6.54 Å². The molecule has 0 rings (SSSR count). The first kappa shape index (κ1) is 11.8. The van der Waals surface area contributed by atoms with Crippen molar-refractivity contribution in [1.82, 2.24) is 5.32 Å². The fourth-order valence-electron chi connectivity index (χ4n) is 0.571. The molecular formula is C6H11NO6. The maximum absolute atomic E-state index is 10.3. The Morgan fingerprint density at radius 1 is 1.23 bits per heavy atom. The van der Waals surface area contributed by atoms with E-state index in [-0.39, 0.29) is 0 Å². The summed E-state index contributed by atoms with van der Waals surface area (Å²) in [5, 5.41) is 35.9. The van der Waals surface area contributed by atoms with Gasteiger partial charge in [0.05, 0.1) is 6.61 Å². The lowest BCUT2D eigenvalue weighted by Crippen LogP contribution is -2.45. The number of rotatable bonds is 6. The van der Waals surface area contributed by atoms with Crippen molar-refractivity contribution in [1.29, 1.82) is 0 Å². The van der Waals surface area contributed by atoms with Gasteiger partial charge >= 0.3 is 11.9 Å². The second-order valence-corrected chi connectivity index (χ2v) is 2.34. The third-order valence-corrected chi connectivity index (χ3v) is 1.32. The first-order chi connectivity index (χ1) is 5.99. The summed E-state index contributed by atoms with van der Waals surface area (Å²) in [4.78, 5) is 20.3. The summed E-state index contributed by atoms with van der Waals surface area (Å²) in [7, 11) is 0. The Hall–Kier alpha value is -1.18. The van der Waals surface area contributed by atoms with Crippen LogP contribution in [0.25, 0.3) is 0 Å². The summed E-state index contributed by atoms with van der Waals surface area (Å²) >= 11 is 0. The predicted octanol–water partition coefficient (Wildman–Crippen LogP) is -2.53. The molecule has 0 aromatic carbocycles. The Morgan fingerprint density at radius 3 is 2.08 bits per heavy atom. The minimum absolute atomic E-state index is 0.424. The highest BCUT2D eigenvalue weighted by Gasteiger charge is 2.19. The van der Waals surface area contributed by atoms with Gasteiger partial charge in [-0.1, -0.05) is 0 Å². The van der Waals surface area contributed by atoms with Gasteiger partial charge in [0.2, 0.25) is 0 Å². The number of nitrogens with one attached hydrogen (secondary N) is 1. The average molecular weight is 193 g/mol. The van der Waals surface area contributed by atoms with Gasteiger partial charge in [0.1, 0.15) is 6.04 Å². The molecule has 0 aliphatic heterocycles. The third-order valence-electron chi connectivity index (χ3n) is 1.32. The molecule has 0 bridgehead atoms. The van der Waals surface area contributed by atoms with E-state index >= 15 is 0 Å². The van der Waals surface area contributed by atoms with Gasteiger partial charge in [0.25, 0.3) is 0 Å². The highest BCUT2D eigenvalue weighted by molar-refractivity contribution is 5.74. The Labute approximate surface area is 73.6 Å². The Bertz CT molecular complexity index is 194. The zero-order valence-electron chi connectivity index (χ0n) is 6.67. The van der Waals surface area contributed by atoms with Gasteiger partial charge in [-0.2, -0.15) is 0 Å². The molecule has 0 spiro atoms. The van der Waals surface area contributed by atoms with E-state index in [0.717, 1.165) is 0 Å². The molecule has 7 nitrogen and oxygen atoms in total. The molecule has 0 fully saturated rings. The molecule has 0 aromatic rings. The summed E-state index contributed by atoms with van der Waals surface area (Å²) in [6, 6.07) is -1.26. The molecule has 0 amide bonds. The fourth-order valence-corrected chi connectivity index (χ4v) is 0.571. The van der Waals surface area contributed by atoms with E-state index in [1.807, 2.05) is 0 Å². The van der Waals surface area contributed by atoms with Crippen LogP contribution in [0.2, 0.25) is 0 Å². The van der Waals surface area contributed by atoms with Crippen LogP contribution in [-0.4, -0.2) is 57.7 Å². The lowest BCUT2D eigenvalue weighted by Gasteiger charge is -2.12. The van der Waals surface area contributed by atoms with Crippen LogP contribution >= 0.6 is 0 Å². The highest BCUT2D eigenvalue weighted by atomic mass is 16.4. The number of carboxylic acids is 2. The summed E-state index contributed by atoms with van der Waals surface area (Å²) in [6.45, 7) is -1.09. The topological polar surface area (TPSA) is 127 Å². The van der Waals surface area contributed by atoms with E-state index in [0.29, 0.717) is 0 Å². The molecule has 0 heterocycles. The monoisotopic (exact) mass is 193 g/mol. The maximum atomic E-state index is 10.3. The van der Waals surface area contributed by atoms with Crippen LogP contribution in [0.5, 0.6) is 0 Å². The number of carbonyl (C=O) groups is 2. The smallest absolute Gasteiger partial charge is 0.333 e. The first-order valence-corrected chi connectivity index (χ1v) is 3.47. The molecule has 0 aliphatic rings. The number of carboxylic acid groups (broad SMARTS) is 2. The number of aliphatic hydroxyl groups is 2. The minimum atomic E-state index is -1.67. The SMILES string of the molecule is O=C(O)C(O)CN[C@@H](CO)C(=O)O. The number of hydrogen-bond donors (Lipinski definition) is 5. The molecule has 2 atom stereocenters. The molecule has 0 aliphatic carbocycles. The normalized spacial score (nSPS) is 14.9. The van der Waals surface area contributed by atoms with Gasteiger partial charge in [0.15, 0.2) is 6.10 Å². The van der Waals surface area contributed by atoms with Crippen LogP contribution < -0.4 is 5.32 Å². The molecule has 1 unspecified atom stereocenters. The van der Waals surface area contributed by atoms with E-state index in [1.54, 1.807) is 0 Å². The highest BCUT2D eigenvalue weighted by Crippen LogP contribution is 1.85. The van der Waals surface area contributed by atoms with Crippen LogP contribution in [0, 0.1) is 0 Å². The van der Waals surface area contributed by atoms with Crippen molar-refractivity contribution in [3.05, 3.63) is 0 Å². The van der Waals surface area contributed by atoms with Crippen LogP contribution in [0.15, 0.2) is 0 Å².